The van der Waals surface area contributed by atoms with E-state index in [1.807, 2.05) is 38.1 Å². The normalized spacial score (nSPS) is 19.7. The summed E-state index contributed by atoms with van der Waals surface area (Å²) in [5, 5.41) is 16.9. The smallest absolute Gasteiger partial charge is 0.253 e. The average molecular weight is 439 g/mol. The van der Waals surface area contributed by atoms with Gasteiger partial charge in [-0.15, -0.1) is 0 Å². The third kappa shape index (κ3) is 4.84. The molecule has 0 saturated carbocycles. The number of aliphatic hydroxyl groups is 1. The molecule has 3 atom stereocenters. The highest BCUT2D eigenvalue weighted by molar-refractivity contribution is 5.97. The molecule has 1 amide bonds. The molecule has 4 rings (SSSR count). The van der Waals surface area contributed by atoms with Crippen molar-refractivity contribution in [3.63, 3.8) is 0 Å². The van der Waals surface area contributed by atoms with Crippen LogP contribution in [0.3, 0.4) is 0 Å². The fourth-order valence-electron chi connectivity index (χ4n) is 3.70. The fraction of sp³-hybridized carbons (Fsp3) is 0.391. The molecule has 0 spiro atoms. The second kappa shape index (κ2) is 9.54. The van der Waals surface area contributed by atoms with Gasteiger partial charge in [0, 0.05) is 18.2 Å². The number of aromatic nitrogens is 3. The number of rotatable bonds is 6. The zero-order valence-electron chi connectivity index (χ0n) is 18.0. The molecule has 2 aromatic heterocycles. The van der Waals surface area contributed by atoms with Crippen LogP contribution in [0.1, 0.15) is 42.4 Å². The van der Waals surface area contributed by atoms with Gasteiger partial charge in [0.1, 0.15) is 5.69 Å². The van der Waals surface area contributed by atoms with Crippen LogP contribution < -0.4 is 10.6 Å². The van der Waals surface area contributed by atoms with E-state index in [0.717, 1.165) is 17.1 Å². The summed E-state index contributed by atoms with van der Waals surface area (Å²) < 4.78 is 19.9. The van der Waals surface area contributed by atoms with E-state index >= 15 is 0 Å². The minimum absolute atomic E-state index is 0.0844. The van der Waals surface area contributed by atoms with Gasteiger partial charge in [-0.1, -0.05) is 32.0 Å². The van der Waals surface area contributed by atoms with Crippen LogP contribution in [-0.2, 0) is 4.74 Å². The molecule has 32 heavy (non-hydrogen) atoms. The lowest BCUT2D eigenvalue weighted by atomic mass is 9.99. The summed E-state index contributed by atoms with van der Waals surface area (Å²) >= 11 is 0. The van der Waals surface area contributed by atoms with Crippen molar-refractivity contribution in [3.05, 3.63) is 59.8 Å². The van der Waals surface area contributed by atoms with E-state index < -0.39 is 18.0 Å². The summed E-state index contributed by atoms with van der Waals surface area (Å²) in [6, 6.07) is 8.29. The Balaban J connectivity index is 1.56. The number of pyridine rings is 1. The molecular weight excluding hydrogens is 413 g/mol. The van der Waals surface area contributed by atoms with Gasteiger partial charge >= 0.3 is 0 Å². The van der Waals surface area contributed by atoms with Crippen LogP contribution in [-0.4, -0.2) is 51.3 Å². The van der Waals surface area contributed by atoms with Gasteiger partial charge in [-0.2, -0.15) is 0 Å². The van der Waals surface area contributed by atoms with E-state index in [2.05, 4.69) is 25.6 Å². The van der Waals surface area contributed by atoms with Crippen LogP contribution in [0.4, 0.5) is 10.3 Å². The molecular formula is C23H26FN5O3. The molecule has 1 fully saturated rings. The van der Waals surface area contributed by atoms with E-state index in [-0.39, 0.29) is 36.1 Å². The maximum absolute atomic E-state index is 14.7. The van der Waals surface area contributed by atoms with Crippen molar-refractivity contribution in [2.45, 2.75) is 38.5 Å². The number of hydrogen-bond acceptors (Lipinski definition) is 7. The van der Waals surface area contributed by atoms with Crippen molar-refractivity contribution < 1.29 is 19.0 Å². The van der Waals surface area contributed by atoms with Gasteiger partial charge in [0.15, 0.2) is 5.82 Å². The molecule has 1 unspecified atom stereocenters. The Morgan fingerprint density at radius 3 is 2.84 bits per heavy atom. The number of benzene rings is 1. The Kier molecular flexibility index (Phi) is 6.57. The van der Waals surface area contributed by atoms with Crippen molar-refractivity contribution in [1.29, 1.82) is 0 Å². The molecule has 1 aliphatic heterocycles. The van der Waals surface area contributed by atoms with E-state index in [1.54, 1.807) is 6.07 Å². The Hall–Kier alpha value is -3.17. The van der Waals surface area contributed by atoms with Crippen LogP contribution in [0, 0.1) is 11.7 Å². The number of carbonyl (C=O) groups excluding carboxylic acids is 1. The van der Waals surface area contributed by atoms with E-state index in [0.29, 0.717) is 18.6 Å². The number of amides is 1. The molecule has 0 bridgehead atoms. The molecule has 3 heterocycles. The summed E-state index contributed by atoms with van der Waals surface area (Å²) in [6.07, 6.45) is 2.46. The van der Waals surface area contributed by atoms with Crippen molar-refractivity contribution in [1.82, 2.24) is 20.3 Å². The van der Waals surface area contributed by atoms with Gasteiger partial charge in [0.25, 0.3) is 5.91 Å². The molecule has 1 aromatic carbocycles. The zero-order valence-corrected chi connectivity index (χ0v) is 18.0. The summed E-state index contributed by atoms with van der Waals surface area (Å²) in [6.45, 7) is 4.48. The number of aliphatic hydroxyl groups excluding tert-OH is 1. The molecule has 3 N–H and O–H groups in total. The quantitative estimate of drug-likeness (QED) is 0.542. The molecule has 3 aromatic rings. The second-order valence-corrected chi connectivity index (χ2v) is 8.22. The first-order valence-electron chi connectivity index (χ1n) is 10.6. The number of fused-ring (bicyclic) bond motifs is 1. The minimum Gasteiger partial charge on any atom is -0.389 e. The van der Waals surface area contributed by atoms with Gasteiger partial charge < -0.3 is 20.5 Å². The Bertz CT molecular complexity index is 1110. The molecule has 168 valence electrons. The van der Waals surface area contributed by atoms with E-state index in [9.17, 15) is 14.3 Å². The van der Waals surface area contributed by atoms with Crippen LogP contribution >= 0.6 is 0 Å². The number of halogens is 1. The second-order valence-electron chi connectivity index (χ2n) is 8.22. The van der Waals surface area contributed by atoms with Gasteiger partial charge in [-0.05, 0) is 24.5 Å². The largest absolute Gasteiger partial charge is 0.389 e. The van der Waals surface area contributed by atoms with Gasteiger partial charge in [0.2, 0.25) is 5.95 Å². The summed E-state index contributed by atoms with van der Waals surface area (Å²) in [5.41, 5.74) is 1.26. The van der Waals surface area contributed by atoms with Crippen LogP contribution in [0.2, 0.25) is 0 Å². The predicted octanol–water partition coefficient (Wildman–Crippen LogP) is 2.85. The number of ether oxygens (including phenoxy) is 1. The number of hydrogen-bond donors (Lipinski definition) is 3. The Morgan fingerprint density at radius 2 is 2.06 bits per heavy atom. The van der Waals surface area contributed by atoms with Crippen molar-refractivity contribution in [2.24, 2.45) is 5.92 Å². The van der Waals surface area contributed by atoms with Crippen molar-refractivity contribution in [2.75, 3.05) is 18.5 Å². The number of nitrogens with zero attached hydrogens (tertiary/aromatic N) is 3. The SMILES string of the molecule is CC(C)C(NC(=O)c1cnc2ccccc2c1)c1nc(N[C@@H]2CCOC[C@H]2O)ncc1F. The lowest BCUT2D eigenvalue weighted by Crippen LogP contribution is -2.42. The predicted molar refractivity (Wildman–Crippen MR) is 118 cm³/mol. The van der Waals surface area contributed by atoms with E-state index in [1.165, 1.54) is 6.20 Å². The highest BCUT2D eigenvalue weighted by Crippen LogP contribution is 2.25. The van der Waals surface area contributed by atoms with Crippen LogP contribution in [0.15, 0.2) is 42.7 Å². The lowest BCUT2D eigenvalue weighted by Gasteiger charge is -2.29. The monoisotopic (exact) mass is 439 g/mol. The Morgan fingerprint density at radius 1 is 1.25 bits per heavy atom. The van der Waals surface area contributed by atoms with E-state index in [4.69, 9.17) is 4.74 Å². The standard InChI is InChI=1S/C23H26FN5O3/c1-13(2)20(28-22(31)15-9-14-5-3-4-6-17(14)25-10-15)21-16(24)11-26-23(29-21)27-18-7-8-32-12-19(18)30/h3-6,9-11,13,18-20,30H,7-8,12H2,1-2H3,(H,28,31)(H,26,27,29)/t18-,19-,20?/m1/s1. The van der Waals surface area contributed by atoms with Gasteiger partial charge in [-0.3, -0.25) is 9.78 Å². The number of anilines is 1. The third-order valence-corrected chi connectivity index (χ3v) is 5.51. The third-order valence-electron chi connectivity index (χ3n) is 5.51. The average Bonchev–Trinajstić information content (AvgIpc) is 2.79. The number of carbonyl (C=O) groups is 1. The number of nitrogens with one attached hydrogen (secondary N) is 2. The van der Waals surface area contributed by atoms with Crippen LogP contribution in [0.5, 0.6) is 0 Å². The molecule has 0 radical (unpaired) electrons. The molecule has 8 nitrogen and oxygen atoms in total. The zero-order chi connectivity index (χ0) is 22.7. The molecule has 1 saturated heterocycles. The first-order valence-corrected chi connectivity index (χ1v) is 10.6. The maximum Gasteiger partial charge on any atom is 0.253 e. The maximum atomic E-state index is 14.7. The first-order chi connectivity index (χ1) is 15.4. The Labute approximate surface area is 185 Å². The number of para-hydroxylation sites is 1. The summed E-state index contributed by atoms with van der Waals surface area (Å²) in [4.78, 5) is 25.6. The topological polar surface area (TPSA) is 109 Å². The lowest BCUT2D eigenvalue weighted by molar-refractivity contribution is -0.0136. The highest BCUT2D eigenvalue weighted by Gasteiger charge is 2.27. The van der Waals surface area contributed by atoms with Gasteiger partial charge in [0.05, 0.1) is 42.1 Å². The summed E-state index contributed by atoms with van der Waals surface area (Å²) in [7, 11) is 0. The first kappa shape index (κ1) is 22.0. The molecule has 0 aliphatic carbocycles. The van der Waals surface area contributed by atoms with Gasteiger partial charge in [-0.25, -0.2) is 14.4 Å². The minimum atomic E-state index is -0.707. The van der Waals surface area contributed by atoms with Crippen molar-refractivity contribution in [3.8, 4) is 0 Å². The van der Waals surface area contributed by atoms with Crippen molar-refractivity contribution >= 4 is 22.8 Å². The summed E-state index contributed by atoms with van der Waals surface area (Å²) in [5.74, 6) is -0.925. The molecule has 1 aliphatic rings. The van der Waals surface area contributed by atoms with Crippen LogP contribution in [0.25, 0.3) is 10.9 Å². The highest BCUT2D eigenvalue weighted by atomic mass is 19.1. The molecule has 9 heteroatoms. The fourth-order valence-corrected chi connectivity index (χ4v) is 3.70.